The summed E-state index contributed by atoms with van der Waals surface area (Å²) >= 11 is 0. The van der Waals surface area contributed by atoms with Crippen LogP contribution in [0.15, 0.2) is 0 Å². The van der Waals surface area contributed by atoms with Gasteiger partial charge in [-0.2, -0.15) is 0 Å². The summed E-state index contributed by atoms with van der Waals surface area (Å²) in [5.41, 5.74) is 0. The van der Waals surface area contributed by atoms with Gasteiger partial charge < -0.3 is 33.8 Å². The number of aliphatic hydroxyl groups excluding tert-OH is 1. The molecule has 0 radical (unpaired) electrons. The normalized spacial score (nSPS) is 14.6. The van der Waals surface area contributed by atoms with Gasteiger partial charge in [0.2, 0.25) is 0 Å². The van der Waals surface area contributed by atoms with Crippen molar-refractivity contribution in [1.29, 1.82) is 0 Å². The van der Waals surface area contributed by atoms with Crippen molar-refractivity contribution >= 4 is 39.5 Å². The van der Waals surface area contributed by atoms with Gasteiger partial charge in [0, 0.05) is 25.7 Å². The van der Waals surface area contributed by atoms with Crippen LogP contribution in [0.3, 0.4) is 0 Å². The summed E-state index contributed by atoms with van der Waals surface area (Å²) < 4.78 is 68.4. The van der Waals surface area contributed by atoms with E-state index in [1.54, 1.807) is 0 Å². The van der Waals surface area contributed by atoms with Gasteiger partial charge >= 0.3 is 39.5 Å². The highest BCUT2D eigenvalue weighted by Gasteiger charge is 2.30. The van der Waals surface area contributed by atoms with Crippen molar-refractivity contribution in [1.82, 2.24) is 0 Å². The fourth-order valence-corrected chi connectivity index (χ4v) is 12.8. The maximum atomic E-state index is 13.1. The molecule has 0 rings (SSSR count). The van der Waals surface area contributed by atoms with Crippen molar-refractivity contribution in [3.05, 3.63) is 0 Å². The number of hydrogen-bond donors (Lipinski definition) is 3. The van der Waals surface area contributed by atoms with Crippen LogP contribution in [-0.2, 0) is 65.4 Å². The molecule has 0 aliphatic heterocycles. The minimum Gasteiger partial charge on any atom is -0.462 e. The maximum Gasteiger partial charge on any atom is 0.472 e. The molecule has 0 aromatic carbocycles. The molecule has 0 bridgehead atoms. The van der Waals surface area contributed by atoms with Crippen LogP contribution in [0.2, 0.25) is 0 Å². The number of unbranched alkanes of at least 4 members (excludes halogenated alkanes) is 41. The molecule has 4 unspecified atom stereocenters. The molecule has 0 spiro atoms. The number of hydrogen-bond acceptors (Lipinski definition) is 15. The Morgan fingerprint density at radius 3 is 0.763 bits per heavy atom. The van der Waals surface area contributed by atoms with E-state index in [2.05, 4.69) is 41.5 Å². The minimum atomic E-state index is -4.96. The first-order valence-electron chi connectivity index (χ1n) is 38.6. The third kappa shape index (κ3) is 65.8. The van der Waals surface area contributed by atoms with E-state index >= 15 is 0 Å². The summed E-state index contributed by atoms with van der Waals surface area (Å²) in [6.07, 6.45) is 52.5. The van der Waals surface area contributed by atoms with Crippen LogP contribution < -0.4 is 0 Å². The Labute approximate surface area is 568 Å². The first kappa shape index (κ1) is 91.1. The molecule has 17 nitrogen and oxygen atoms in total. The van der Waals surface area contributed by atoms with Crippen molar-refractivity contribution in [3.63, 3.8) is 0 Å². The summed E-state index contributed by atoms with van der Waals surface area (Å²) in [4.78, 5) is 72.7. The number of phosphoric ester groups is 2. The van der Waals surface area contributed by atoms with E-state index in [-0.39, 0.29) is 25.7 Å². The summed E-state index contributed by atoms with van der Waals surface area (Å²) in [5, 5.41) is 10.6. The standard InChI is InChI=1S/C74H144O17P2/c1-7-11-13-15-17-19-20-21-22-23-24-25-34-40-46-52-58-73(78)90-70(63-85-72(77)57-51-45-39-33-28-26-31-36-42-48-54-66(5)9-3)65-89-93(82,83)87-61-68(75)60-86-92(80,81)88-64-69(62-84-71(76)56-50-44-38-30-18-16-14-12-8-2)91-74(79)59-53-47-41-35-29-27-32-37-43-49-55-67(6)10-4/h66-70,75H,7-65H2,1-6H3,(H,80,81)(H,82,83)/t66?,67?,68-,69+,70+/m0/s1. The lowest BCUT2D eigenvalue weighted by Crippen LogP contribution is -2.30. The van der Waals surface area contributed by atoms with Crippen LogP contribution >= 0.6 is 15.6 Å². The SMILES string of the molecule is CCCCCCCCCCCCCCCCCCC(=O)O[C@H](COC(=O)CCCCCCCCCCCCC(C)CC)COP(=O)(O)OC[C@@H](O)COP(=O)(O)OC[C@@H](COC(=O)CCCCCCCCCCC)OC(=O)CCCCCCCCCCCCC(C)CC. The number of carbonyl (C=O) groups excluding carboxylic acids is 4. The molecule has 93 heavy (non-hydrogen) atoms. The molecule has 19 heteroatoms. The molecule has 7 atom stereocenters. The van der Waals surface area contributed by atoms with E-state index in [1.807, 2.05) is 0 Å². The zero-order valence-electron chi connectivity index (χ0n) is 60.6. The Bertz CT molecular complexity index is 1810. The fourth-order valence-electron chi connectivity index (χ4n) is 11.2. The number of esters is 4. The molecule has 0 aromatic heterocycles. The van der Waals surface area contributed by atoms with Gasteiger partial charge in [0.05, 0.1) is 26.4 Å². The number of rotatable bonds is 73. The second kappa shape index (κ2) is 66.0. The number of carbonyl (C=O) groups is 4. The molecular formula is C74H144O17P2. The largest absolute Gasteiger partial charge is 0.472 e. The van der Waals surface area contributed by atoms with Crippen LogP contribution in [0.5, 0.6) is 0 Å². The molecular weight excluding hydrogens is 1220 g/mol. The third-order valence-corrected chi connectivity index (χ3v) is 19.8. The quantitative estimate of drug-likeness (QED) is 0.0222. The molecule has 3 N–H and O–H groups in total. The van der Waals surface area contributed by atoms with Gasteiger partial charge in [-0.05, 0) is 37.5 Å². The summed E-state index contributed by atoms with van der Waals surface area (Å²) in [6, 6.07) is 0. The molecule has 0 fully saturated rings. The fraction of sp³-hybridized carbons (Fsp3) is 0.946. The first-order valence-corrected chi connectivity index (χ1v) is 41.6. The Morgan fingerprint density at radius 1 is 0.301 bits per heavy atom. The summed E-state index contributed by atoms with van der Waals surface area (Å²) in [5.74, 6) is -0.505. The predicted molar refractivity (Wildman–Crippen MR) is 377 cm³/mol. The zero-order valence-corrected chi connectivity index (χ0v) is 62.3. The highest BCUT2D eigenvalue weighted by molar-refractivity contribution is 7.47. The average Bonchev–Trinajstić information content (AvgIpc) is 2.38. The van der Waals surface area contributed by atoms with E-state index in [0.717, 1.165) is 102 Å². The predicted octanol–water partition coefficient (Wildman–Crippen LogP) is 21.6. The molecule has 0 aliphatic rings. The van der Waals surface area contributed by atoms with Crippen molar-refractivity contribution in [2.45, 2.75) is 400 Å². The topological polar surface area (TPSA) is 237 Å². The molecule has 0 saturated heterocycles. The Kier molecular flexibility index (Phi) is 64.6. The number of aliphatic hydroxyl groups is 1. The molecule has 0 aliphatic carbocycles. The lowest BCUT2D eigenvalue weighted by atomic mass is 9.99. The van der Waals surface area contributed by atoms with Crippen molar-refractivity contribution in [2.24, 2.45) is 11.8 Å². The minimum absolute atomic E-state index is 0.106. The van der Waals surface area contributed by atoms with Gasteiger partial charge in [-0.3, -0.25) is 37.3 Å². The highest BCUT2D eigenvalue weighted by Crippen LogP contribution is 2.45. The molecule has 0 heterocycles. The van der Waals surface area contributed by atoms with Gasteiger partial charge in [-0.15, -0.1) is 0 Å². The van der Waals surface area contributed by atoms with Gasteiger partial charge in [0.25, 0.3) is 0 Å². The smallest absolute Gasteiger partial charge is 0.462 e. The molecule has 0 aromatic rings. The molecule has 552 valence electrons. The van der Waals surface area contributed by atoms with Crippen molar-refractivity contribution in [3.8, 4) is 0 Å². The van der Waals surface area contributed by atoms with Crippen LogP contribution in [0, 0.1) is 11.8 Å². The monoisotopic (exact) mass is 1370 g/mol. The second-order valence-electron chi connectivity index (χ2n) is 27.2. The average molecular weight is 1370 g/mol. The van der Waals surface area contributed by atoms with E-state index in [0.29, 0.717) is 25.7 Å². The number of ether oxygens (including phenoxy) is 4. The van der Waals surface area contributed by atoms with Crippen LogP contribution in [-0.4, -0.2) is 96.7 Å². The van der Waals surface area contributed by atoms with Crippen molar-refractivity contribution in [2.75, 3.05) is 39.6 Å². The van der Waals surface area contributed by atoms with Crippen LogP contribution in [0.25, 0.3) is 0 Å². The van der Waals surface area contributed by atoms with E-state index in [4.69, 9.17) is 37.0 Å². The van der Waals surface area contributed by atoms with E-state index < -0.39 is 97.5 Å². The van der Waals surface area contributed by atoms with Gasteiger partial charge in [-0.25, -0.2) is 9.13 Å². The lowest BCUT2D eigenvalue weighted by molar-refractivity contribution is -0.161. The Morgan fingerprint density at radius 2 is 0.516 bits per heavy atom. The van der Waals surface area contributed by atoms with Crippen LogP contribution in [0.1, 0.15) is 382 Å². The Hall–Kier alpha value is -1.94. The lowest BCUT2D eigenvalue weighted by Gasteiger charge is -2.21. The van der Waals surface area contributed by atoms with Gasteiger partial charge in [0.15, 0.2) is 12.2 Å². The second-order valence-corrected chi connectivity index (χ2v) is 30.1. The third-order valence-electron chi connectivity index (χ3n) is 17.9. The van der Waals surface area contributed by atoms with E-state index in [1.165, 1.54) is 199 Å². The van der Waals surface area contributed by atoms with Crippen molar-refractivity contribution < 1.29 is 80.2 Å². The maximum absolute atomic E-state index is 13.1. The summed E-state index contributed by atoms with van der Waals surface area (Å²) in [6.45, 7) is 9.62. The van der Waals surface area contributed by atoms with E-state index in [9.17, 15) is 43.2 Å². The first-order chi connectivity index (χ1) is 44.9. The summed E-state index contributed by atoms with van der Waals surface area (Å²) in [7, 11) is -9.91. The van der Waals surface area contributed by atoms with Gasteiger partial charge in [0.1, 0.15) is 19.3 Å². The molecule has 0 amide bonds. The highest BCUT2D eigenvalue weighted by atomic mass is 31.2. The zero-order chi connectivity index (χ0) is 68.6. The van der Waals surface area contributed by atoms with Gasteiger partial charge in [-0.1, -0.05) is 330 Å². The van der Waals surface area contributed by atoms with Crippen LogP contribution in [0.4, 0.5) is 0 Å². The molecule has 0 saturated carbocycles. The Balaban J connectivity index is 5.25. The number of phosphoric acid groups is 2.